The van der Waals surface area contributed by atoms with Crippen LogP contribution in [0.4, 0.5) is 10.1 Å². The van der Waals surface area contributed by atoms with Crippen molar-refractivity contribution in [3.05, 3.63) is 46.0 Å². The SMILES string of the molecule is Cc1nn(C)cc1[C@@H](C)NC(=O)c1cc(Cl)cc(F)c1N. The second-order valence-electron chi connectivity index (χ2n) is 4.89. The number of halogens is 2. The predicted octanol–water partition coefficient (Wildman–Crippen LogP) is 2.59. The molecule has 0 aliphatic rings. The molecule has 0 radical (unpaired) electrons. The van der Waals surface area contributed by atoms with Gasteiger partial charge >= 0.3 is 0 Å². The first kappa shape index (κ1) is 15.3. The van der Waals surface area contributed by atoms with E-state index >= 15 is 0 Å². The van der Waals surface area contributed by atoms with E-state index in [2.05, 4.69) is 10.4 Å². The van der Waals surface area contributed by atoms with E-state index in [0.717, 1.165) is 17.3 Å². The molecule has 7 heteroatoms. The van der Waals surface area contributed by atoms with E-state index in [1.54, 1.807) is 11.7 Å². The molecule has 0 unspecified atom stereocenters. The minimum Gasteiger partial charge on any atom is -0.396 e. The highest BCUT2D eigenvalue weighted by Crippen LogP contribution is 2.23. The molecule has 2 aromatic rings. The largest absolute Gasteiger partial charge is 0.396 e. The molecular formula is C14H16ClFN4O. The van der Waals surface area contributed by atoms with Crippen molar-refractivity contribution in [2.75, 3.05) is 5.73 Å². The number of benzene rings is 1. The normalized spacial score (nSPS) is 12.2. The van der Waals surface area contributed by atoms with Crippen molar-refractivity contribution in [1.29, 1.82) is 0 Å². The summed E-state index contributed by atoms with van der Waals surface area (Å²) in [4.78, 5) is 12.2. The molecule has 21 heavy (non-hydrogen) atoms. The molecule has 112 valence electrons. The second-order valence-corrected chi connectivity index (χ2v) is 5.32. The lowest BCUT2D eigenvalue weighted by molar-refractivity contribution is 0.0940. The van der Waals surface area contributed by atoms with Gasteiger partial charge in [0.15, 0.2) is 0 Å². The molecule has 0 aliphatic carbocycles. The number of nitrogens with zero attached hydrogens (tertiary/aromatic N) is 2. The Morgan fingerprint density at radius 3 is 2.76 bits per heavy atom. The summed E-state index contributed by atoms with van der Waals surface area (Å²) in [5.74, 6) is -1.19. The van der Waals surface area contributed by atoms with Crippen LogP contribution in [0.25, 0.3) is 0 Å². The summed E-state index contributed by atoms with van der Waals surface area (Å²) >= 11 is 5.76. The first-order chi connectivity index (χ1) is 9.79. The van der Waals surface area contributed by atoms with Crippen molar-refractivity contribution in [3.63, 3.8) is 0 Å². The van der Waals surface area contributed by atoms with Gasteiger partial charge in [-0.15, -0.1) is 0 Å². The zero-order valence-electron chi connectivity index (χ0n) is 11.9. The number of carbonyl (C=O) groups excluding carboxylic acids is 1. The average Bonchev–Trinajstić information content (AvgIpc) is 2.72. The number of hydrogen-bond acceptors (Lipinski definition) is 3. The quantitative estimate of drug-likeness (QED) is 0.856. The zero-order chi connectivity index (χ0) is 15.7. The third-order valence-corrected chi connectivity index (χ3v) is 3.42. The van der Waals surface area contributed by atoms with Crippen LogP contribution in [-0.4, -0.2) is 15.7 Å². The lowest BCUT2D eigenvalue weighted by atomic mass is 10.1. The lowest BCUT2D eigenvalue weighted by Gasteiger charge is -2.14. The molecule has 1 heterocycles. The summed E-state index contributed by atoms with van der Waals surface area (Å²) in [6.07, 6.45) is 1.82. The Bertz CT molecular complexity index is 699. The van der Waals surface area contributed by atoms with Crippen LogP contribution in [0.5, 0.6) is 0 Å². The molecule has 0 bridgehead atoms. The highest BCUT2D eigenvalue weighted by molar-refractivity contribution is 6.31. The van der Waals surface area contributed by atoms with Gasteiger partial charge in [0.05, 0.1) is 23.0 Å². The third-order valence-electron chi connectivity index (χ3n) is 3.20. The van der Waals surface area contributed by atoms with Crippen molar-refractivity contribution >= 4 is 23.2 Å². The number of nitrogen functional groups attached to an aromatic ring is 1. The van der Waals surface area contributed by atoms with E-state index in [0.29, 0.717) is 0 Å². The summed E-state index contributed by atoms with van der Waals surface area (Å²) < 4.78 is 15.2. The Kier molecular flexibility index (Phi) is 4.18. The van der Waals surface area contributed by atoms with Crippen LogP contribution in [0.1, 0.15) is 34.6 Å². The highest BCUT2D eigenvalue weighted by atomic mass is 35.5. The Balaban J connectivity index is 2.24. The Hall–Kier alpha value is -2.08. The van der Waals surface area contributed by atoms with Gasteiger partial charge in [-0.25, -0.2) is 4.39 Å². The van der Waals surface area contributed by atoms with Crippen molar-refractivity contribution in [2.24, 2.45) is 7.05 Å². The summed E-state index contributed by atoms with van der Waals surface area (Å²) in [6, 6.07) is 2.13. The Morgan fingerprint density at radius 2 is 2.19 bits per heavy atom. The van der Waals surface area contributed by atoms with Crippen molar-refractivity contribution in [3.8, 4) is 0 Å². The molecule has 0 saturated heterocycles. The van der Waals surface area contributed by atoms with Crippen LogP contribution in [0, 0.1) is 12.7 Å². The van der Waals surface area contributed by atoms with Crippen LogP contribution in [-0.2, 0) is 7.05 Å². The maximum atomic E-state index is 13.5. The van der Waals surface area contributed by atoms with Crippen molar-refractivity contribution in [2.45, 2.75) is 19.9 Å². The van der Waals surface area contributed by atoms with Crippen LogP contribution >= 0.6 is 11.6 Å². The van der Waals surface area contributed by atoms with E-state index < -0.39 is 11.7 Å². The number of aromatic nitrogens is 2. The van der Waals surface area contributed by atoms with Gasteiger partial charge in [-0.3, -0.25) is 9.48 Å². The van der Waals surface area contributed by atoms with Crippen LogP contribution in [0.15, 0.2) is 18.3 Å². The summed E-state index contributed by atoms with van der Waals surface area (Å²) in [5, 5.41) is 7.10. The minimum absolute atomic E-state index is 0.0217. The smallest absolute Gasteiger partial charge is 0.254 e. The fourth-order valence-corrected chi connectivity index (χ4v) is 2.37. The third kappa shape index (κ3) is 3.16. The molecule has 0 aliphatic heterocycles. The van der Waals surface area contributed by atoms with E-state index in [-0.39, 0.29) is 22.3 Å². The topological polar surface area (TPSA) is 72.9 Å². The number of nitrogens with two attached hydrogens (primary N) is 1. The van der Waals surface area contributed by atoms with Crippen molar-refractivity contribution < 1.29 is 9.18 Å². The van der Waals surface area contributed by atoms with Gasteiger partial charge in [-0.1, -0.05) is 11.6 Å². The number of aryl methyl sites for hydroxylation is 2. The highest BCUT2D eigenvalue weighted by Gasteiger charge is 2.19. The average molecular weight is 311 g/mol. The Morgan fingerprint density at radius 1 is 1.52 bits per heavy atom. The number of hydrogen-bond donors (Lipinski definition) is 2. The Labute approximate surface area is 126 Å². The van der Waals surface area contributed by atoms with Crippen LogP contribution in [0.3, 0.4) is 0 Å². The number of anilines is 1. The molecule has 1 aromatic heterocycles. The molecule has 2 rings (SSSR count). The molecule has 1 atom stereocenters. The maximum absolute atomic E-state index is 13.5. The summed E-state index contributed by atoms with van der Waals surface area (Å²) in [7, 11) is 1.80. The van der Waals surface area contributed by atoms with Gasteiger partial charge in [0.2, 0.25) is 0 Å². The van der Waals surface area contributed by atoms with E-state index in [4.69, 9.17) is 17.3 Å². The summed E-state index contributed by atoms with van der Waals surface area (Å²) in [6.45, 7) is 3.67. The molecule has 1 aromatic carbocycles. The monoisotopic (exact) mass is 310 g/mol. The first-order valence-electron chi connectivity index (χ1n) is 6.35. The van der Waals surface area contributed by atoms with E-state index in [1.165, 1.54) is 6.07 Å². The zero-order valence-corrected chi connectivity index (χ0v) is 12.7. The fourth-order valence-electron chi connectivity index (χ4n) is 2.17. The number of nitrogens with one attached hydrogen (secondary N) is 1. The van der Waals surface area contributed by atoms with Crippen LogP contribution in [0.2, 0.25) is 5.02 Å². The molecule has 3 N–H and O–H groups in total. The first-order valence-corrected chi connectivity index (χ1v) is 6.73. The van der Waals surface area contributed by atoms with E-state index in [9.17, 15) is 9.18 Å². The van der Waals surface area contributed by atoms with Crippen LogP contribution < -0.4 is 11.1 Å². The van der Waals surface area contributed by atoms with Gasteiger partial charge < -0.3 is 11.1 Å². The fraction of sp³-hybridized carbons (Fsp3) is 0.286. The molecule has 0 fully saturated rings. The van der Waals surface area contributed by atoms with Gasteiger partial charge in [-0.2, -0.15) is 5.10 Å². The lowest BCUT2D eigenvalue weighted by Crippen LogP contribution is -2.27. The molecule has 5 nitrogen and oxygen atoms in total. The van der Waals surface area contributed by atoms with Gasteiger partial charge in [0.1, 0.15) is 5.82 Å². The van der Waals surface area contributed by atoms with Gasteiger partial charge in [0.25, 0.3) is 5.91 Å². The standard InChI is InChI=1S/C14H16ClFN4O/c1-7(11-6-20(3)19-8(11)2)18-14(21)10-4-9(15)5-12(16)13(10)17/h4-7H,17H2,1-3H3,(H,18,21)/t7-/m1/s1. The molecule has 0 saturated carbocycles. The van der Waals surface area contributed by atoms with Gasteiger partial charge in [-0.05, 0) is 26.0 Å². The summed E-state index contributed by atoms with van der Waals surface area (Å²) in [5.41, 5.74) is 7.09. The van der Waals surface area contributed by atoms with Gasteiger partial charge in [0, 0.05) is 23.8 Å². The molecular weight excluding hydrogens is 295 g/mol. The minimum atomic E-state index is -0.710. The molecule has 0 spiro atoms. The predicted molar refractivity (Wildman–Crippen MR) is 79.6 cm³/mol. The second kappa shape index (κ2) is 5.73. The van der Waals surface area contributed by atoms with E-state index in [1.807, 2.05) is 20.0 Å². The molecule has 1 amide bonds. The number of amides is 1. The van der Waals surface area contributed by atoms with Crippen molar-refractivity contribution in [1.82, 2.24) is 15.1 Å². The maximum Gasteiger partial charge on any atom is 0.254 e. The number of carbonyl (C=O) groups is 1. The number of rotatable bonds is 3.